The molecule has 0 saturated carbocycles. The molecule has 3 aromatic rings. The largest absolute Gasteiger partial charge is 0.441 e. The van der Waals surface area contributed by atoms with Gasteiger partial charge in [-0.3, -0.25) is 9.69 Å². The fourth-order valence-corrected chi connectivity index (χ4v) is 4.01. The number of hydrogen-bond acceptors (Lipinski definition) is 6. The molecule has 1 aliphatic heterocycles. The average molecular weight is 435 g/mol. The predicted octanol–water partition coefficient (Wildman–Crippen LogP) is 2.71. The van der Waals surface area contributed by atoms with Crippen LogP contribution in [0.4, 0.5) is 0 Å². The van der Waals surface area contributed by atoms with E-state index in [0.717, 1.165) is 25.2 Å². The maximum absolute atomic E-state index is 12.9. The first-order valence-electron chi connectivity index (χ1n) is 11.0. The van der Waals surface area contributed by atoms with Crippen molar-refractivity contribution in [1.29, 1.82) is 0 Å². The van der Waals surface area contributed by atoms with Crippen molar-refractivity contribution in [2.75, 3.05) is 32.8 Å². The molecule has 2 atom stereocenters. The van der Waals surface area contributed by atoms with Gasteiger partial charge in [0.25, 0.3) is 0 Å². The highest BCUT2D eigenvalue weighted by Gasteiger charge is 2.28. The van der Waals surface area contributed by atoms with Crippen molar-refractivity contribution < 1.29 is 13.9 Å². The average Bonchev–Trinajstić information content (AvgIpc) is 3.21. The molecule has 3 N–H and O–H groups in total. The molecule has 2 aromatic carbocycles. The highest BCUT2D eigenvalue weighted by Crippen LogP contribution is 2.26. The summed E-state index contributed by atoms with van der Waals surface area (Å²) in [4.78, 5) is 19.9. The van der Waals surface area contributed by atoms with Crippen LogP contribution < -0.4 is 11.1 Å². The van der Waals surface area contributed by atoms with Crippen molar-refractivity contribution in [2.24, 2.45) is 5.73 Å². The van der Waals surface area contributed by atoms with Crippen molar-refractivity contribution >= 4 is 5.91 Å². The summed E-state index contributed by atoms with van der Waals surface area (Å²) >= 11 is 0. The van der Waals surface area contributed by atoms with E-state index >= 15 is 0 Å². The first-order valence-corrected chi connectivity index (χ1v) is 11.0. The first kappa shape index (κ1) is 22.2. The third-order valence-corrected chi connectivity index (χ3v) is 5.71. The number of nitrogens with one attached hydrogen (secondary N) is 1. The van der Waals surface area contributed by atoms with Crippen molar-refractivity contribution in [2.45, 2.75) is 25.5 Å². The second kappa shape index (κ2) is 10.5. The Bertz CT molecular complexity index is 1010. The number of amides is 1. The monoisotopic (exact) mass is 434 g/mol. The highest BCUT2D eigenvalue weighted by atomic mass is 16.5. The summed E-state index contributed by atoms with van der Waals surface area (Å²) in [5, 5.41) is 3.01. The molecule has 1 fully saturated rings. The van der Waals surface area contributed by atoms with E-state index in [0.29, 0.717) is 30.5 Å². The standard InChI is InChI=1S/C25H30N4O3/c1-18-23(28-25(32-18)20-10-6-3-7-11-20)22(14-26)24(30)27-15-21-17-29(12-13-31-21)16-19-8-4-2-5-9-19/h2-11,21-22H,12-17,26H2,1H3,(H,27,30)/t21-,22?/m1/s1. The van der Waals surface area contributed by atoms with Gasteiger partial charge in [-0.05, 0) is 24.6 Å². The number of aryl methyl sites for hydroxylation is 1. The van der Waals surface area contributed by atoms with Crippen LogP contribution in [0.3, 0.4) is 0 Å². The van der Waals surface area contributed by atoms with E-state index in [2.05, 4.69) is 39.5 Å². The van der Waals surface area contributed by atoms with Gasteiger partial charge in [-0.15, -0.1) is 0 Å². The molecule has 0 radical (unpaired) electrons. The molecule has 32 heavy (non-hydrogen) atoms. The number of hydrogen-bond donors (Lipinski definition) is 2. The lowest BCUT2D eigenvalue weighted by atomic mass is 10.0. The molecule has 1 saturated heterocycles. The molecule has 7 nitrogen and oxygen atoms in total. The zero-order valence-corrected chi connectivity index (χ0v) is 18.4. The van der Waals surface area contributed by atoms with E-state index in [1.165, 1.54) is 5.56 Å². The van der Waals surface area contributed by atoms with Crippen LogP contribution in [0.2, 0.25) is 0 Å². The van der Waals surface area contributed by atoms with E-state index in [9.17, 15) is 4.79 Å². The number of carbonyl (C=O) groups excluding carboxylic acids is 1. The number of nitrogens with zero attached hydrogens (tertiary/aromatic N) is 2. The molecule has 0 spiro atoms. The molecule has 1 aromatic heterocycles. The normalized spacial score (nSPS) is 17.8. The SMILES string of the molecule is Cc1oc(-c2ccccc2)nc1C(CN)C(=O)NC[C@@H]1CN(Cc2ccccc2)CCO1. The minimum absolute atomic E-state index is 0.0619. The molecule has 168 valence electrons. The second-order valence-electron chi connectivity index (χ2n) is 8.07. The lowest BCUT2D eigenvalue weighted by Crippen LogP contribution is -2.48. The molecular weight excluding hydrogens is 404 g/mol. The molecule has 2 heterocycles. The molecule has 1 amide bonds. The Labute approximate surface area is 188 Å². The van der Waals surface area contributed by atoms with Crippen LogP contribution in [-0.2, 0) is 16.1 Å². The van der Waals surface area contributed by atoms with Crippen LogP contribution in [0.15, 0.2) is 65.1 Å². The van der Waals surface area contributed by atoms with Gasteiger partial charge < -0.3 is 20.2 Å². The van der Waals surface area contributed by atoms with Crippen LogP contribution in [0.5, 0.6) is 0 Å². The van der Waals surface area contributed by atoms with Crippen LogP contribution in [0.1, 0.15) is 22.9 Å². The first-order chi connectivity index (χ1) is 15.6. The summed E-state index contributed by atoms with van der Waals surface area (Å²) in [6.07, 6.45) is -0.0619. The van der Waals surface area contributed by atoms with E-state index in [1.807, 2.05) is 43.3 Å². The summed E-state index contributed by atoms with van der Waals surface area (Å²) < 4.78 is 11.7. The third kappa shape index (κ3) is 5.43. The van der Waals surface area contributed by atoms with E-state index in [1.54, 1.807) is 0 Å². The maximum atomic E-state index is 12.9. The molecule has 7 heteroatoms. The van der Waals surface area contributed by atoms with Gasteiger partial charge in [-0.1, -0.05) is 48.5 Å². The van der Waals surface area contributed by atoms with Gasteiger partial charge in [-0.2, -0.15) is 0 Å². The van der Waals surface area contributed by atoms with E-state index < -0.39 is 5.92 Å². The molecule has 0 bridgehead atoms. The molecule has 0 aliphatic carbocycles. The van der Waals surface area contributed by atoms with Crippen LogP contribution in [0, 0.1) is 6.92 Å². The molecular formula is C25H30N4O3. The van der Waals surface area contributed by atoms with Crippen LogP contribution >= 0.6 is 0 Å². The van der Waals surface area contributed by atoms with E-state index in [4.69, 9.17) is 14.9 Å². The Kier molecular flexibility index (Phi) is 7.32. The topological polar surface area (TPSA) is 93.6 Å². The third-order valence-electron chi connectivity index (χ3n) is 5.71. The van der Waals surface area contributed by atoms with Gasteiger partial charge in [0.1, 0.15) is 5.76 Å². The van der Waals surface area contributed by atoms with Gasteiger partial charge in [0.2, 0.25) is 11.8 Å². The number of oxazole rings is 1. The van der Waals surface area contributed by atoms with Crippen LogP contribution in [-0.4, -0.2) is 54.7 Å². The number of carbonyl (C=O) groups is 1. The Balaban J connectivity index is 1.35. The van der Waals surface area contributed by atoms with Gasteiger partial charge in [0.15, 0.2) is 0 Å². The highest BCUT2D eigenvalue weighted by molar-refractivity contribution is 5.83. The summed E-state index contributed by atoms with van der Waals surface area (Å²) in [6, 6.07) is 20.0. The van der Waals surface area contributed by atoms with Gasteiger partial charge in [0.05, 0.1) is 24.3 Å². The second-order valence-corrected chi connectivity index (χ2v) is 8.07. The Morgan fingerprint density at radius 2 is 1.91 bits per heavy atom. The number of rotatable bonds is 8. The number of benzene rings is 2. The van der Waals surface area contributed by atoms with Crippen molar-refractivity contribution in [3.05, 3.63) is 77.7 Å². The van der Waals surface area contributed by atoms with Gasteiger partial charge >= 0.3 is 0 Å². The summed E-state index contributed by atoms with van der Waals surface area (Å²) in [7, 11) is 0. The van der Waals surface area contributed by atoms with Gasteiger partial charge in [0, 0.05) is 38.3 Å². The smallest absolute Gasteiger partial charge is 0.230 e. The summed E-state index contributed by atoms with van der Waals surface area (Å²) in [5.41, 5.74) is 8.68. The van der Waals surface area contributed by atoms with Crippen molar-refractivity contribution in [3.63, 3.8) is 0 Å². The fraction of sp³-hybridized carbons (Fsp3) is 0.360. The number of nitrogens with two attached hydrogens (primary N) is 1. The number of morpholine rings is 1. The number of aromatic nitrogens is 1. The molecule has 1 unspecified atom stereocenters. The van der Waals surface area contributed by atoms with Crippen molar-refractivity contribution in [3.8, 4) is 11.5 Å². The lowest BCUT2D eigenvalue weighted by Gasteiger charge is -2.33. The summed E-state index contributed by atoms with van der Waals surface area (Å²) in [5.74, 6) is 0.376. The minimum atomic E-state index is -0.569. The lowest BCUT2D eigenvalue weighted by molar-refractivity contribution is -0.123. The van der Waals surface area contributed by atoms with Gasteiger partial charge in [-0.25, -0.2) is 4.98 Å². The minimum Gasteiger partial charge on any atom is -0.441 e. The van der Waals surface area contributed by atoms with Crippen molar-refractivity contribution in [1.82, 2.24) is 15.2 Å². The zero-order chi connectivity index (χ0) is 22.3. The summed E-state index contributed by atoms with van der Waals surface area (Å²) in [6.45, 7) is 5.57. The Hall–Kier alpha value is -3.00. The number of ether oxygens (including phenoxy) is 1. The van der Waals surface area contributed by atoms with E-state index in [-0.39, 0.29) is 18.6 Å². The zero-order valence-electron chi connectivity index (χ0n) is 18.4. The maximum Gasteiger partial charge on any atom is 0.230 e. The predicted molar refractivity (Wildman–Crippen MR) is 123 cm³/mol. The fourth-order valence-electron chi connectivity index (χ4n) is 4.01. The quantitative estimate of drug-likeness (QED) is 0.566. The molecule has 1 aliphatic rings. The van der Waals surface area contributed by atoms with Crippen LogP contribution in [0.25, 0.3) is 11.5 Å². The molecule has 4 rings (SSSR count). The Morgan fingerprint density at radius 3 is 2.62 bits per heavy atom. The Morgan fingerprint density at radius 1 is 1.19 bits per heavy atom.